The van der Waals surface area contributed by atoms with Crippen molar-refractivity contribution in [2.24, 2.45) is 0 Å². The van der Waals surface area contributed by atoms with Crippen LogP contribution in [-0.4, -0.2) is 47.2 Å². The molecule has 0 unspecified atom stereocenters. The van der Waals surface area contributed by atoms with E-state index in [0.29, 0.717) is 12.6 Å². The van der Waals surface area contributed by atoms with Gasteiger partial charge in [0.2, 0.25) is 0 Å². The second-order valence-electron chi connectivity index (χ2n) is 8.84. The van der Waals surface area contributed by atoms with Gasteiger partial charge >= 0.3 is 0 Å². The summed E-state index contributed by atoms with van der Waals surface area (Å²) in [4.78, 5) is 17.5. The summed E-state index contributed by atoms with van der Waals surface area (Å²) in [5.74, 6) is 1.77. The van der Waals surface area contributed by atoms with Crippen molar-refractivity contribution in [1.29, 1.82) is 0 Å². The van der Waals surface area contributed by atoms with Crippen molar-refractivity contribution < 1.29 is 9.13 Å². The lowest BCUT2D eigenvalue weighted by Crippen LogP contribution is -2.36. The Kier molecular flexibility index (Phi) is 5.13. The first kappa shape index (κ1) is 19.6. The Morgan fingerprint density at radius 1 is 1.13 bits per heavy atom. The fourth-order valence-corrected chi connectivity index (χ4v) is 6.11. The van der Waals surface area contributed by atoms with Gasteiger partial charge in [-0.3, -0.25) is 4.90 Å². The van der Waals surface area contributed by atoms with Crippen molar-refractivity contribution in [1.82, 2.24) is 14.9 Å². The lowest BCUT2D eigenvalue weighted by Gasteiger charge is -2.28. The predicted molar refractivity (Wildman–Crippen MR) is 121 cm³/mol. The zero-order valence-electron chi connectivity index (χ0n) is 17.6. The molecule has 5 nitrogen and oxygen atoms in total. The smallest absolute Gasteiger partial charge is 0.146 e. The van der Waals surface area contributed by atoms with Gasteiger partial charge < -0.3 is 9.64 Å². The van der Waals surface area contributed by atoms with Crippen LogP contribution in [0.5, 0.6) is 0 Å². The van der Waals surface area contributed by atoms with E-state index in [9.17, 15) is 4.39 Å². The van der Waals surface area contributed by atoms with Crippen LogP contribution >= 0.6 is 11.3 Å². The molecule has 1 aliphatic heterocycles. The highest BCUT2D eigenvalue weighted by Gasteiger charge is 2.34. The fraction of sp³-hybridized carbons (Fsp3) is 0.500. The maximum Gasteiger partial charge on any atom is 0.146 e. The molecule has 2 fully saturated rings. The molecule has 0 atom stereocenters. The molecular weight excluding hydrogens is 411 g/mol. The summed E-state index contributed by atoms with van der Waals surface area (Å²) in [6.07, 6.45) is 5.75. The van der Waals surface area contributed by atoms with E-state index < -0.39 is 0 Å². The van der Waals surface area contributed by atoms with Crippen molar-refractivity contribution in [2.75, 3.05) is 31.2 Å². The third kappa shape index (κ3) is 3.83. The molecule has 0 amide bonds. The lowest BCUT2D eigenvalue weighted by atomic mass is 10.1. The van der Waals surface area contributed by atoms with E-state index in [1.807, 2.05) is 23.5 Å². The van der Waals surface area contributed by atoms with E-state index >= 15 is 0 Å². The number of thiophene rings is 1. The summed E-state index contributed by atoms with van der Waals surface area (Å²) in [5, 5.41) is 1.23. The van der Waals surface area contributed by atoms with Crippen LogP contribution in [0.1, 0.15) is 41.1 Å². The first-order valence-corrected chi connectivity index (χ1v) is 12.2. The van der Waals surface area contributed by atoms with Gasteiger partial charge in [0.1, 0.15) is 22.3 Å². The maximum absolute atomic E-state index is 14.5. The van der Waals surface area contributed by atoms with Crippen LogP contribution in [0.4, 0.5) is 10.2 Å². The second kappa shape index (κ2) is 8.11. The Morgan fingerprint density at radius 3 is 2.77 bits per heavy atom. The quantitative estimate of drug-likeness (QED) is 0.573. The minimum atomic E-state index is -0.137. The second-order valence-corrected chi connectivity index (χ2v) is 9.92. The molecule has 3 aromatic rings. The van der Waals surface area contributed by atoms with E-state index in [1.165, 1.54) is 22.2 Å². The van der Waals surface area contributed by atoms with Crippen LogP contribution in [0.2, 0.25) is 0 Å². The summed E-state index contributed by atoms with van der Waals surface area (Å²) in [6.45, 7) is 4.67. The molecule has 0 N–H and O–H groups in total. The van der Waals surface area contributed by atoms with Crippen LogP contribution < -0.4 is 4.90 Å². The number of hydrogen-bond donors (Lipinski definition) is 0. The summed E-state index contributed by atoms with van der Waals surface area (Å²) in [7, 11) is 0. The highest BCUT2D eigenvalue weighted by atomic mass is 32.1. The molecule has 2 aromatic heterocycles. The van der Waals surface area contributed by atoms with Gasteiger partial charge in [0, 0.05) is 36.1 Å². The van der Waals surface area contributed by atoms with Gasteiger partial charge in [-0.25, -0.2) is 14.4 Å². The van der Waals surface area contributed by atoms with Crippen LogP contribution in [0.3, 0.4) is 0 Å². The molecule has 0 spiro atoms. The molecule has 7 heteroatoms. The maximum atomic E-state index is 14.5. The van der Waals surface area contributed by atoms with E-state index in [4.69, 9.17) is 14.7 Å². The number of rotatable bonds is 6. The van der Waals surface area contributed by atoms with Crippen molar-refractivity contribution in [3.8, 4) is 0 Å². The first-order chi connectivity index (χ1) is 15.3. The molecular formula is C24H27FN4OS. The van der Waals surface area contributed by atoms with E-state index in [-0.39, 0.29) is 5.82 Å². The largest absolute Gasteiger partial charge is 0.379 e. The number of hydrogen-bond acceptors (Lipinski definition) is 6. The number of halogens is 1. The molecule has 0 bridgehead atoms. The Morgan fingerprint density at radius 2 is 1.97 bits per heavy atom. The van der Waals surface area contributed by atoms with Crippen molar-refractivity contribution >= 4 is 27.4 Å². The number of ether oxygens (including phenoxy) is 1. The fourth-order valence-electron chi connectivity index (χ4n) is 4.83. The number of fused-ring (bicyclic) bond motifs is 3. The van der Waals surface area contributed by atoms with Crippen molar-refractivity contribution in [3.05, 3.63) is 51.9 Å². The molecule has 1 saturated carbocycles. The van der Waals surface area contributed by atoms with E-state index in [1.54, 1.807) is 12.1 Å². The summed E-state index contributed by atoms with van der Waals surface area (Å²) in [5.41, 5.74) is 2.18. The van der Waals surface area contributed by atoms with E-state index in [2.05, 4.69) is 9.80 Å². The molecule has 0 radical (unpaired) electrons. The van der Waals surface area contributed by atoms with Gasteiger partial charge in [0.15, 0.2) is 0 Å². The van der Waals surface area contributed by atoms with Crippen LogP contribution in [0.15, 0.2) is 24.3 Å². The minimum absolute atomic E-state index is 0.137. The molecule has 3 heterocycles. The minimum Gasteiger partial charge on any atom is -0.379 e. The number of anilines is 1. The normalized spacial score (nSPS) is 19.1. The number of benzene rings is 1. The Balaban J connectivity index is 1.43. The molecule has 162 valence electrons. The molecule has 2 aliphatic carbocycles. The summed E-state index contributed by atoms with van der Waals surface area (Å²) in [6, 6.07) is 7.57. The Bertz CT molecular complexity index is 1110. The van der Waals surface area contributed by atoms with Crippen molar-refractivity contribution in [2.45, 2.75) is 51.2 Å². The highest BCUT2D eigenvalue weighted by Crippen LogP contribution is 2.43. The van der Waals surface area contributed by atoms with Gasteiger partial charge in [0.05, 0.1) is 25.1 Å². The third-order valence-corrected chi connectivity index (χ3v) is 7.80. The SMILES string of the molecule is Fc1ccccc1CN(c1nc(CN2CCOCC2)nc2sc3c(c12)CCC3)C1CC1. The Labute approximate surface area is 185 Å². The van der Waals surface area contributed by atoms with Gasteiger partial charge in [-0.2, -0.15) is 0 Å². The first-order valence-electron chi connectivity index (χ1n) is 11.4. The number of morpholine rings is 1. The van der Waals surface area contributed by atoms with Gasteiger partial charge in [-0.15, -0.1) is 11.3 Å². The van der Waals surface area contributed by atoms with Gasteiger partial charge in [-0.05, 0) is 43.7 Å². The summed E-state index contributed by atoms with van der Waals surface area (Å²) < 4.78 is 20.0. The van der Waals surface area contributed by atoms with Gasteiger partial charge in [-0.1, -0.05) is 18.2 Å². The number of nitrogens with zero attached hydrogens (tertiary/aromatic N) is 4. The topological polar surface area (TPSA) is 41.5 Å². The standard InChI is InChI=1S/C24H27FN4OS/c25-19-6-2-1-4-16(19)14-29(17-8-9-17)23-22-18-5-3-7-20(18)31-24(22)27-21(26-23)15-28-10-12-30-13-11-28/h1-2,4,6,17H,3,5,7-15H2. The predicted octanol–water partition coefficient (Wildman–Crippen LogP) is 4.32. The molecule has 1 aromatic carbocycles. The average Bonchev–Trinajstić information content (AvgIpc) is 3.42. The summed E-state index contributed by atoms with van der Waals surface area (Å²) >= 11 is 1.84. The molecule has 3 aliphatic rings. The molecule has 31 heavy (non-hydrogen) atoms. The number of aryl methyl sites for hydroxylation is 2. The highest BCUT2D eigenvalue weighted by molar-refractivity contribution is 7.19. The molecule has 6 rings (SSSR count). The monoisotopic (exact) mass is 438 g/mol. The Hall–Kier alpha value is -2.09. The zero-order chi connectivity index (χ0) is 20.8. The van der Waals surface area contributed by atoms with Gasteiger partial charge in [0.25, 0.3) is 0 Å². The third-order valence-electron chi connectivity index (χ3n) is 6.62. The van der Waals surface area contributed by atoms with Crippen LogP contribution in [0, 0.1) is 5.82 Å². The lowest BCUT2D eigenvalue weighted by molar-refractivity contribution is 0.0331. The zero-order valence-corrected chi connectivity index (χ0v) is 18.5. The molecule has 1 saturated heterocycles. The van der Waals surface area contributed by atoms with Crippen molar-refractivity contribution in [3.63, 3.8) is 0 Å². The van der Waals surface area contributed by atoms with E-state index in [0.717, 1.165) is 80.6 Å². The van der Waals surface area contributed by atoms with Crippen LogP contribution in [-0.2, 0) is 30.7 Å². The van der Waals surface area contributed by atoms with Crippen LogP contribution in [0.25, 0.3) is 10.2 Å². The number of aromatic nitrogens is 2. The average molecular weight is 439 g/mol.